The van der Waals surface area contributed by atoms with Crippen molar-refractivity contribution in [3.8, 4) is 0 Å². The molecular formula is C15H20FNO3S. The maximum absolute atomic E-state index is 13.3. The van der Waals surface area contributed by atoms with Crippen LogP contribution in [0.25, 0.3) is 0 Å². The van der Waals surface area contributed by atoms with Gasteiger partial charge in [-0.1, -0.05) is 19.9 Å². The van der Waals surface area contributed by atoms with Crippen molar-refractivity contribution in [2.24, 2.45) is 5.92 Å². The van der Waals surface area contributed by atoms with E-state index in [1.54, 1.807) is 11.0 Å². The highest BCUT2D eigenvalue weighted by Crippen LogP contribution is 2.21. The van der Waals surface area contributed by atoms with Crippen LogP contribution in [0.1, 0.15) is 30.6 Å². The second kappa shape index (κ2) is 6.13. The summed E-state index contributed by atoms with van der Waals surface area (Å²) in [4.78, 5) is 14.2. The zero-order valence-corrected chi connectivity index (χ0v) is 13.1. The van der Waals surface area contributed by atoms with Gasteiger partial charge in [-0.05, 0) is 30.5 Å². The highest BCUT2D eigenvalue weighted by atomic mass is 32.2. The van der Waals surface area contributed by atoms with Gasteiger partial charge < -0.3 is 4.90 Å². The van der Waals surface area contributed by atoms with E-state index >= 15 is 0 Å². The monoisotopic (exact) mass is 313 g/mol. The molecule has 1 aliphatic heterocycles. The zero-order valence-electron chi connectivity index (χ0n) is 12.3. The summed E-state index contributed by atoms with van der Waals surface area (Å²) in [6.45, 7) is 4.40. The molecule has 0 unspecified atom stereocenters. The average Bonchev–Trinajstić information content (AvgIpc) is 2.75. The molecule has 0 aromatic heterocycles. The smallest absolute Gasteiger partial charge is 0.254 e. The van der Waals surface area contributed by atoms with Gasteiger partial charge in [-0.15, -0.1) is 0 Å². The van der Waals surface area contributed by atoms with Crippen molar-refractivity contribution >= 4 is 15.7 Å². The first-order valence-electron chi connectivity index (χ1n) is 7.05. The van der Waals surface area contributed by atoms with Crippen LogP contribution < -0.4 is 0 Å². The van der Waals surface area contributed by atoms with E-state index < -0.39 is 15.7 Å². The van der Waals surface area contributed by atoms with Crippen LogP contribution in [0.5, 0.6) is 0 Å². The Morgan fingerprint density at radius 1 is 1.43 bits per heavy atom. The second-order valence-electron chi connectivity index (χ2n) is 5.92. The fourth-order valence-corrected chi connectivity index (χ4v) is 4.33. The van der Waals surface area contributed by atoms with E-state index in [0.717, 1.165) is 0 Å². The number of hydrogen-bond acceptors (Lipinski definition) is 3. The minimum absolute atomic E-state index is 0.000770. The first-order valence-corrected chi connectivity index (χ1v) is 8.87. The molecule has 0 N–H and O–H groups in total. The van der Waals surface area contributed by atoms with E-state index in [9.17, 15) is 17.6 Å². The molecule has 1 heterocycles. The van der Waals surface area contributed by atoms with Crippen molar-refractivity contribution in [3.63, 3.8) is 0 Å². The molecule has 0 bridgehead atoms. The van der Waals surface area contributed by atoms with Gasteiger partial charge >= 0.3 is 0 Å². The molecule has 1 aromatic rings. The Balaban J connectivity index is 2.26. The molecule has 1 amide bonds. The molecule has 0 spiro atoms. The molecule has 0 radical (unpaired) electrons. The van der Waals surface area contributed by atoms with E-state index in [2.05, 4.69) is 0 Å². The predicted octanol–water partition coefficient (Wildman–Crippen LogP) is 2.11. The number of halogens is 1. The van der Waals surface area contributed by atoms with E-state index in [1.165, 1.54) is 18.2 Å². The lowest BCUT2D eigenvalue weighted by Crippen LogP contribution is -2.43. The Labute approximate surface area is 124 Å². The van der Waals surface area contributed by atoms with Crippen molar-refractivity contribution < 1.29 is 17.6 Å². The predicted molar refractivity (Wildman–Crippen MR) is 79.3 cm³/mol. The molecule has 2 rings (SSSR count). The van der Waals surface area contributed by atoms with Crippen LogP contribution in [0.2, 0.25) is 0 Å². The van der Waals surface area contributed by atoms with Gasteiger partial charge in [0.05, 0.1) is 11.5 Å². The van der Waals surface area contributed by atoms with Crippen LogP contribution in [0.4, 0.5) is 4.39 Å². The molecular weight excluding hydrogens is 293 g/mol. The Kier molecular flexibility index (Phi) is 4.66. The molecule has 1 fully saturated rings. The number of benzene rings is 1. The molecule has 4 nitrogen and oxygen atoms in total. The zero-order chi connectivity index (χ0) is 15.6. The minimum atomic E-state index is -3.07. The maximum Gasteiger partial charge on any atom is 0.254 e. The van der Waals surface area contributed by atoms with Gasteiger partial charge in [0, 0.05) is 18.2 Å². The fraction of sp³-hybridized carbons (Fsp3) is 0.533. The number of nitrogens with zero attached hydrogens (tertiary/aromatic N) is 1. The lowest BCUT2D eigenvalue weighted by atomic mass is 10.1. The first kappa shape index (κ1) is 15.9. The summed E-state index contributed by atoms with van der Waals surface area (Å²) in [5.74, 6) is -0.441. The van der Waals surface area contributed by atoms with Gasteiger partial charge in [-0.3, -0.25) is 4.79 Å². The Bertz CT molecular complexity index is 628. The van der Waals surface area contributed by atoms with Crippen molar-refractivity contribution in [2.45, 2.75) is 26.3 Å². The van der Waals surface area contributed by atoms with Gasteiger partial charge in [-0.2, -0.15) is 0 Å². The first-order chi connectivity index (χ1) is 9.78. The highest BCUT2D eigenvalue weighted by molar-refractivity contribution is 7.91. The summed E-state index contributed by atoms with van der Waals surface area (Å²) >= 11 is 0. The third kappa shape index (κ3) is 4.03. The summed E-state index contributed by atoms with van der Waals surface area (Å²) in [5, 5.41) is 0. The Hall–Kier alpha value is -1.43. The average molecular weight is 313 g/mol. The van der Waals surface area contributed by atoms with E-state index in [1.807, 2.05) is 13.8 Å². The van der Waals surface area contributed by atoms with Crippen molar-refractivity contribution in [1.82, 2.24) is 4.90 Å². The van der Waals surface area contributed by atoms with Crippen molar-refractivity contribution in [2.75, 3.05) is 18.1 Å². The maximum atomic E-state index is 13.3. The molecule has 116 valence electrons. The molecule has 1 aliphatic rings. The SMILES string of the molecule is CC(C)CN(C(=O)c1cccc(F)c1)[C@H]1CCS(=O)(=O)C1. The number of hydrogen-bond donors (Lipinski definition) is 0. The number of sulfone groups is 1. The number of carbonyl (C=O) groups is 1. The highest BCUT2D eigenvalue weighted by Gasteiger charge is 2.35. The van der Waals surface area contributed by atoms with Gasteiger partial charge in [0.1, 0.15) is 5.82 Å². The summed E-state index contributed by atoms with van der Waals surface area (Å²) in [7, 11) is -3.07. The normalized spacial score (nSPS) is 20.7. The largest absolute Gasteiger partial charge is 0.334 e. The number of amides is 1. The number of carbonyl (C=O) groups excluding carboxylic acids is 1. The van der Waals surface area contributed by atoms with Gasteiger partial charge in [0.15, 0.2) is 9.84 Å². The minimum Gasteiger partial charge on any atom is -0.334 e. The van der Waals surface area contributed by atoms with Crippen LogP contribution in [0, 0.1) is 11.7 Å². The topological polar surface area (TPSA) is 54.5 Å². The van der Waals surface area contributed by atoms with Crippen LogP contribution in [0.3, 0.4) is 0 Å². The van der Waals surface area contributed by atoms with Crippen LogP contribution >= 0.6 is 0 Å². The molecule has 0 aliphatic carbocycles. The summed E-state index contributed by atoms with van der Waals surface area (Å²) in [6, 6.07) is 5.21. The lowest BCUT2D eigenvalue weighted by Gasteiger charge is -2.30. The summed E-state index contributed by atoms with van der Waals surface area (Å²) in [5.41, 5.74) is 0.264. The van der Waals surface area contributed by atoms with E-state index in [4.69, 9.17) is 0 Å². The van der Waals surface area contributed by atoms with Crippen molar-refractivity contribution in [3.05, 3.63) is 35.6 Å². The molecule has 21 heavy (non-hydrogen) atoms. The van der Waals surface area contributed by atoms with Gasteiger partial charge in [0.25, 0.3) is 5.91 Å². The molecule has 1 atom stereocenters. The quantitative estimate of drug-likeness (QED) is 0.855. The molecule has 1 aromatic carbocycles. The van der Waals surface area contributed by atoms with E-state index in [-0.39, 0.29) is 34.9 Å². The fourth-order valence-electron chi connectivity index (χ4n) is 2.60. The molecule has 0 saturated carbocycles. The summed E-state index contributed by atoms with van der Waals surface area (Å²) in [6.07, 6.45) is 0.454. The number of rotatable bonds is 4. The summed E-state index contributed by atoms with van der Waals surface area (Å²) < 4.78 is 36.6. The Morgan fingerprint density at radius 2 is 2.14 bits per heavy atom. The van der Waals surface area contributed by atoms with Crippen molar-refractivity contribution in [1.29, 1.82) is 0 Å². The van der Waals surface area contributed by atoms with E-state index in [0.29, 0.717) is 13.0 Å². The third-order valence-corrected chi connectivity index (χ3v) is 5.29. The van der Waals surface area contributed by atoms with Gasteiger partial charge in [-0.25, -0.2) is 12.8 Å². The van der Waals surface area contributed by atoms with Crippen LogP contribution in [-0.4, -0.2) is 43.3 Å². The Morgan fingerprint density at radius 3 is 2.67 bits per heavy atom. The second-order valence-corrected chi connectivity index (χ2v) is 8.15. The lowest BCUT2D eigenvalue weighted by molar-refractivity contribution is 0.0672. The van der Waals surface area contributed by atoms with Gasteiger partial charge in [0.2, 0.25) is 0 Å². The van der Waals surface area contributed by atoms with Crippen LogP contribution in [0.15, 0.2) is 24.3 Å². The van der Waals surface area contributed by atoms with Crippen LogP contribution in [-0.2, 0) is 9.84 Å². The molecule has 1 saturated heterocycles. The third-order valence-electron chi connectivity index (χ3n) is 3.54. The standard InChI is InChI=1S/C15H20FNO3S/c1-11(2)9-17(14-6-7-21(19,20)10-14)15(18)12-4-3-5-13(16)8-12/h3-5,8,11,14H,6-7,9-10H2,1-2H3/t14-/m0/s1. The molecule has 6 heteroatoms.